The van der Waals surface area contributed by atoms with Crippen molar-refractivity contribution in [3.8, 4) is 0 Å². The van der Waals surface area contributed by atoms with Crippen LogP contribution in [0.15, 0.2) is 36.4 Å². The summed E-state index contributed by atoms with van der Waals surface area (Å²) < 4.78 is 31.8. The van der Waals surface area contributed by atoms with Crippen molar-refractivity contribution in [3.63, 3.8) is 0 Å². The molecular formula is C16H9ClF2N2O3S. The number of ether oxygens (including phenoxy) is 1. The smallest absolute Gasteiger partial charge is 0.340 e. The van der Waals surface area contributed by atoms with E-state index < -0.39 is 30.1 Å². The Bertz CT molecular complexity index is 944. The highest BCUT2D eigenvalue weighted by atomic mass is 35.5. The lowest BCUT2D eigenvalue weighted by atomic mass is 10.2. The van der Waals surface area contributed by atoms with Crippen molar-refractivity contribution in [1.82, 2.24) is 4.98 Å². The molecule has 0 unspecified atom stereocenters. The van der Waals surface area contributed by atoms with Gasteiger partial charge >= 0.3 is 5.97 Å². The maximum absolute atomic E-state index is 13.2. The predicted octanol–water partition coefficient (Wildman–Crippen LogP) is 4.02. The molecule has 5 nitrogen and oxygen atoms in total. The van der Waals surface area contributed by atoms with Gasteiger partial charge in [-0.25, -0.2) is 18.6 Å². The van der Waals surface area contributed by atoms with Gasteiger partial charge in [0.2, 0.25) is 0 Å². The lowest BCUT2D eigenvalue weighted by Gasteiger charge is -2.06. The molecule has 0 radical (unpaired) electrons. The number of carbonyl (C=O) groups is 2. The molecule has 0 fully saturated rings. The van der Waals surface area contributed by atoms with Gasteiger partial charge in [0.15, 0.2) is 23.4 Å². The number of hydrogen-bond acceptors (Lipinski definition) is 5. The zero-order valence-corrected chi connectivity index (χ0v) is 14.0. The Morgan fingerprint density at radius 1 is 1.20 bits per heavy atom. The van der Waals surface area contributed by atoms with E-state index in [2.05, 4.69) is 10.3 Å². The topological polar surface area (TPSA) is 68.3 Å². The summed E-state index contributed by atoms with van der Waals surface area (Å²) in [5.74, 6) is -4.08. The first-order chi connectivity index (χ1) is 11.9. The van der Waals surface area contributed by atoms with Gasteiger partial charge in [-0.15, -0.1) is 0 Å². The molecule has 1 N–H and O–H groups in total. The number of benzene rings is 2. The number of hydrogen-bond donors (Lipinski definition) is 1. The second-order valence-corrected chi connectivity index (χ2v) is 6.30. The zero-order valence-electron chi connectivity index (χ0n) is 12.4. The number of thiazole rings is 1. The number of carbonyl (C=O) groups excluding carboxylic acids is 2. The van der Waals surface area contributed by atoms with E-state index in [1.807, 2.05) is 18.2 Å². The highest BCUT2D eigenvalue weighted by Crippen LogP contribution is 2.25. The number of rotatable bonds is 4. The predicted molar refractivity (Wildman–Crippen MR) is 89.9 cm³/mol. The zero-order chi connectivity index (χ0) is 18.0. The summed E-state index contributed by atoms with van der Waals surface area (Å²) in [5, 5.41) is 2.54. The van der Waals surface area contributed by atoms with Gasteiger partial charge in [0.25, 0.3) is 5.91 Å². The lowest BCUT2D eigenvalue weighted by Crippen LogP contribution is -2.21. The monoisotopic (exact) mass is 382 g/mol. The molecule has 1 heterocycles. The Balaban J connectivity index is 1.62. The van der Waals surface area contributed by atoms with Gasteiger partial charge in [0, 0.05) is 0 Å². The van der Waals surface area contributed by atoms with E-state index >= 15 is 0 Å². The number of amides is 1. The van der Waals surface area contributed by atoms with Gasteiger partial charge in [-0.3, -0.25) is 10.1 Å². The fourth-order valence-corrected chi connectivity index (χ4v) is 3.08. The van der Waals surface area contributed by atoms with Crippen LogP contribution in [0.1, 0.15) is 10.4 Å². The van der Waals surface area contributed by atoms with Crippen LogP contribution in [0.2, 0.25) is 5.02 Å². The normalized spacial score (nSPS) is 10.7. The third-order valence-electron chi connectivity index (χ3n) is 3.10. The highest BCUT2D eigenvalue weighted by Gasteiger charge is 2.18. The molecule has 0 bridgehead atoms. The first-order valence-electron chi connectivity index (χ1n) is 6.91. The van der Waals surface area contributed by atoms with Crippen LogP contribution in [0.25, 0.3) is 10.2 Å². The Morgan fingerprint density at radius 2 is 1.92 bits per heavy atom. The number of fused-ring (bicyclic) bond motifs is 1. The fourth-order valence-electron chi connectivity index (χ4n) is 1.97. The molecule has 25 heavy (non-hydrogen) atoms. The van der Waals surface area contributed by atoms with E-state index in [-0.39, 0.29) is 10.6 Å². The molecule has 2 aromatic carbocycles. The standard InChI is InChI=1S/C16H9ClF2N2O3S/c17-9-6-11(19)10(18)5-8(9)15(23)24-7-14(22)21-16-20-12-3-1-2-4-13(12)25-16/h1-6H,7H2,(H,20,21,22). The molecule has 0 saturated heterocycles. The Labute approximate surface area is 149 Å². The molecular weight excluding hydrogens is 374 g/mol. The van der Waals surface area contributed by atoms with Gasteiger partial charge in [0.1, 0.15) is 0 Å². The average Bonchev–Trinajstić information content (AvgIpc) is 2.98. The first-order valence-corrected chi connectivity index (χ1v) is 8.10. The van der Waals surface area contributed by atoms with E-state index in [1.165, 1.54) is 11.3 Å². The molecule has 0 aliphatic rings. The minimum absolute atomic E-state index is 0.310. The molecule has 0 aliphatic carbocycles. The van der Waals surface area contributed by atoms with Crippen LogP contribution in [0.5, 0.6) is 0 Å². The van der Waals surface area contributed by atoms with Gasteiger partial charge in [-0.2, -0.15) is 0 Å². The molecule has 1 amide bonds. The quantitative estimate of drug-likeness (QED) is 0.546. The molecule has 0 saturated carbocycles. The molecule has 0 atom stereocenters. The van der Waals surface area contributed by atoms with Gasteiger partial charge in [0.05, 0.1) is 20.8 Å². The van der Waals surface area contributed by atoms with Crippen LogP contribution in [-0.2, 0) is 9.53 Å². The van der Waals surface area contributed by atoms with Crippen LogP contribution in [-0.4, -0.2) is 23.5 Å². The van der Waals surface area contributed by atoms with Crippen molar-refractivity contribution in [1.29, 1.82) is 0 Å². The van der Waals surface area contributed by atoms with Crippen molar-refractivity contribution < 1.29 is 23.1 Å². The SMILES string of the molecule is O=C(COC(=O)c1cc(F)c(F)cc1Cl)Nc1nc2ccccc2s1. The first kappa shape index (κ1) is 17.2. The maximum Gasteiger partial charge on any atom is 0.340 e. The summed E-state index contributed by atoms with van der Waals surface area (Å²) in [6, 6.07) is 8.60. The second-order valence-electron chi connectivity index (χ2n) is 4.86. The van der Waals surface area contributed by atoms with Crippen LogP contribution in [0, 0.1) is 11.6 Å². The van der Waals surface area contributed by atoms with Crippen molar-refractivity contribution >= 4 is 50.2 Å². The molecule has 0 spiro atoms. The van der Waals surface area contributed by atoms with Crippen molar-refractivity contribution in [2.75, 3.05) is 11.9 Å². The number of aromatic nitrogens is 1. The number of halogens is 3. The summed E-state index contributed by atoms with van der Waals surface area (Å²) in [6.07, 6.45) is 0. The van der Waals surface area contributed by atoms with Crippen LogP contribution in [0.3, 0.4) is 0 Å². The molecule has 1 aromatic heterocycles. The minimum Gasteiger partial charge on any atom is -0.452 e. The fraction of sp³-hybridized carbons (Fsp3) is 0.0625. The van der Waals surface area contributed by atoms with Crippen molar-refractivity contribution in [3.05, 3.63) is 58.6 Å². The highest BCUT2D eigenvalue weighted by molar-refractivity contribution is 7.22. The maximum atomic E-state index is 13.2. The number of nitrogens with one attached hydrogen (secondary N) is 1. The van der Waals surface area contributed by atoms with E-state index in [0.717, 1.165) is 10.2 Å². The number of nitrogens with zero attached hydrogens (tertiary/aromatic N) is 1. The summed E-state index contributed by atoms with van der Waals surface area (Å²) in [7, 11) is 0. The van der Waals surface area contributed by atoms with E-state index in [0.29, 0.717) is 17.3 Å². The van der Waals surface area contributed by atoms with E-state index in [9.17, 15) is 18.4 Å². The Hall–Kier alpha value is -2.58. The molecule has 3 aromatic rings. The largest absolute Gasteiger partial charge is 0.452 e. The molecule has 128 valence electrons. The van der Waals surface area contributed by atoms with Gasteiger partial charge in [-0.05, 0) is 24.3 Å². The summed E-state index contributed by atoms with van der Waals surface area (Å²) >= 11 is 6.94. The van der Waals surface area contributed by atoms with Crippen LogP contribution < -0.4 is 5.32 Å². The summed E-state index contributed by atoms with van der Waals surface area (Å²) in [4.78, 5) is 27.9. The lowest BCUT2D eigenvalue weighted by molar-refractivity contribution is -0.119. The summed E-state index contributed by atoms with van der Waals surface area (Å²) in [5.41, 5.74) is 0.363. The molecule has 9 heteroatoms. The van der Waals surface area contributed by atoms with Crippen LogP contribution in [0.4, 0.5) is 13.9 Å². The molecule has 0 aliphatic heterocycles. The van der Waals surface area contributed by atoms with Gasteiger partial charge in [-0.1, -0.05) is 35.1 Å². The van der Waals surface area contributed by atoms with E-state index in [4.69, 9.17) is 16.3 Å². The Kier molecular flexibility index (Phi) is 4.91. The number of anilines is 1. The second kappa shape index (κ2) is 7.12. The third-order valence-corrected chi connectivity index (χ3v) is 4.37. The average molecular weight is 383 g/mol. The van der Waals surface area contributed by atoms with Crippen molar-refractivity contribution in [2.45, 2.75) is 0 Å². The van der Waals surface area contributed by atoms with E-state index in [1.54, 1.807) is 6.07 Å². The van der Waals surface area contributed by atoms with Crippen molar-refractivity contribution in [2.24, 2.45) is 0 Å². The van der Waals surface area contributed by atoms with Crippen LogP contribution >= 0.6 is 22.9 Å². The number of esters is 1. The third kappa shape index (κ3) is 3.92. The van der Waals surface area contributed by atoms with Gasteiger partial charge < -0.3 is 4.74 Å². The molecule has 3 rings (SSSR count). The summed E-state index contributed by atoms with van der Waals surface area (Å²) in [6.45, 7) is -0.621. The number of para-hydroxylation sites is 1. The minimum atomic E-state index is -1.24. The Morgan fingerprint density at radius 3 is 2.68 bits per heavy atom.